The number of aliphatic carboxylic acids is 1. The predicted molar refractivity (Wildman–Crippen MR) is 59.2 cm³/mol. The minimum Gasteiger partial charge on any atom is -0.481 e. The van der Waals surface area contributed by atoms with Gasteiger partial charge in [0.25, 0.3) is 0 Å². The first-order valence-electron chi connectivity index (χ1n) is 5.90. The van der Waals surface area contributed by atoms with Gasteiger partial charge in [0.2, 0.25) is 5.91 Å². The molecule has 0 radical (unpaired) electrons. The lowest BCUT2D eigenvalue weighted by molar-refractivity contribution is -0.154. The van der Waals surface area contributed by atoms with Crippen molar-refractivity contribution in [2.24, 2.45) is 17.1 Å². The predicted octanol–water partition coefficient (Wildman–Crippen LogP) is -0.669. The monoisotopic (exact) mass is 242 g/mol. The van der Waals surface area contributed by atoms with Gasteiger partial charge in [0.1, 0.15) is 0 Å². The van der Waals surface area contributed by atoms with Gasteiger partial charge in [-0.2, -0.15) is 0 Å². The van der Waals surface area contributed by atoms with Crippen molar-refractivity contribution in [2.75, 3.05) is 19.8 Å². The molecule has 0 bridgehead atoms. The Kier molecular flexibility index (Phi) is 3.35. The number of nitrogens with one attached hydrogen (secondary N) is 1. The second kappa shape index (κ2) is 4.62. The molecule has 6 heteroatoms. The highest BCUT2D eigenvalue weighted by atomic mass is 16.5. The quantitative estimate of drug-likeness (QED) is 0.607. The van der Waals surface area contributed by atoms with E-state index in [2.05, 4.69) is 5.32 Å². The summed E-state index contributed by atoms with van der Waals surface area (Å²) in [6.45, 7) is 0.916. The highest BCUT2D eigenvalue weighted by Gasteiger charge is 2.45. The Morgan fingerprint density at radius 3 is 2.53 bits per heavy atom. The third-order valence-electron chi connectivity index (χ3n) is 3.83. The second-order valence-corrected chi connectivity index (χ2v) is 4.96. The third kappa shape index (κ3) is 2.28. The lowest BCUT2D eigenvalue weighted by atomic mass is 9.68. The summed E-state index contributed by atoms with van der Waals surface area (Å²) >= 11 is 0. The number of carbonyl (C=O) groups is 2. The fourth-order valence-electron chi connectivity index (χ4n) is 2.30. The van der Waals surface area contributed by atoms with Gasteiger partial charge >= 0.3 is 5.97 Å². The van der Waals surface area contributed by atoms with Crippen molar-refractivity contribution in [3.05, 3.63) is 0 Å². The van der Waals surface area contributed by atoms with Crippen LogP contribution in [0.2, 0.25) is 0 Å². The molecule has 1 aliphatic carbocycles. The molecule has 0 aromatic carbocycles. The molecule has 2 rings (SSSR count). The van der Waals surface area contributed by atoms with E-state index in [4.69, 9.17) is 15.6 Å². The van der Waals surface area contributed by atoms with E-state index in [1.807, 2.05) is 0 Å². The molecule has 6 nitrogen and oxygen atoms in total. The minimum absolute atomic E-state index is 0.192. The normalized spacial score (nSPS) is 30.6. The van der Waals surface area contributed by atoms with E-state index in [9.17, 15) is 9.59 Å². The van der Waals surface area contributed by atoms with Crippen LogP contribution in [-0.4, -0.2) is 42.8 Å². The lowest BCUT2D eigenvalue weighted by Crippen LogP contribution is -2.50. The number of carbonyl (C=O) groups excluding carboxylic acids is 1. The Morgan fingerprint density at radius 2 is 2.12 bits per heavy atom. The first-order chi connectivity index (χ1) is 8.05. The molecular weight excluding hydrogens is 224 g/mol. The second-order valence-electron chi connectivity index (χ2n) is 4.96. The zero-order chi connectivity index (χ0) is 12.5. The molecule has 0 spiro atoms. The fraction of sp³-hybridized carbons (Fsp3) is 0.818. The van der Waals surface area contributed by atoms with Gasteiger partial charge in [-0.1, -0.05) is 6.42 Å². The van der Waals surface area contributed by atoms with Crippen LogP contribution in [0.5, 0.6) is 0 Å². The molecule has 1 saturated carbocycles. The topological polar surface area (TPSA) is 102 Å². The van der Waals surface area contributed by atoms with Gasteiger partial charge in [-0.25, -0.2) is 0 Å². The van der Waals surface area contributed by atoms with E-state index in [0.717, 1.165) is 6.42 Å². The minimum atomic E-state index is -0.823. The Morgan fingerprint density at radius 1 is 1.41 bits per heavy atom. The summed E-state index contributed by atoms with van der Waals surface area (Å²) in [4.78, 5) is 22.9. The van der Waals surface area contributed by atoms with Gasteiger partial charge in [0.15, 0.2) is 0 Å². The molecule has 4 N–H and O–H groups in total. The number of nitrogens with two attached hydrogens (primary N) is 1. The standard InChI is InChI=1S/C11H18N2O4/c12-8-5-17-4-7(8)9(14)13-6-11(10(15)16)2-1-3-11/h7-8H,1-6,12H2,(H,13,14)(H,15,16). The van der Waals surface area contributed by atoms with E-state index >= 15 is 0 Å². The Balaban J connectivity index is 1.85. The average molecular weight is 242 g/mol. The molecule has 2 fully saturated rings. The maximum absolute atomic E-state index is 11.8. The number of rotatable bonds is 4. The van der Waals surface area contributed by atoms with Crippen molar-refractivity contribution in [3.8, 4) is 0 Å². The van der Waals surface area contributed by atoms with E-state index in [0.29, 0.717) is 26.1 Å². The van der Waals surface area contributed by atoms with Crippen LogP contribution in [-0.2, 0) is 14.3 Å². The number of carboxylic acids is 1. The first-order valence-corrected chi connectivity index (χ1v) is 5.90. The van der Waals surface area contributed by atoms with Crippen molar-refractivity contribution in [1.82, 2.24) is 5.32 Å². The van der Waals surface area contributed by atoms with Gasteiger partial charge in [0, 0.05) is 12.6 Å². The maximum atomic E-state index is 11.8. The molecule has 17 heavy (non-hydrogen) atoms. The lowest BCUT2D eigenvalue weighted by Gasteiger charge is -2.37. The zero-order valence-electron chi connectivity index (χ0n) is 9.65. The molecule has 1 heterocycles. The van der Waals surface area contributed by atoms with E-state index in [-0.39, 0.29) is 24.4 Å². The fourth-order valence-corrected chi connectivity index (χ4v) is 2.30. The Hall–Kier alpha value is -1.14. The molecule has 1 amide bonds. The molecule has 0 aromatic rings. The molecule has 2 atom stereocenters. The molecule has 1 saturated heterocycles. The molecule has 2 unspecified atom stereocenters. The number of hydrogen-bond donors (Lipinski definition) is 3. The molecular formula is C11H18N2O4. The van der Waals surface area contributed by atoms with Crippen LogP contribution in [0.3, 0.4) is 0 Å². The average Bonchev–Trinajstić information content (AvgIpc) is 2.62. The van der Waals surface area contributed by atoms with Crippen molar-refractivity contribution >= 4 is 11.9 Å². The summed E-state index contributed by atoms with van der Waals surface area (Å²) in [7, 11) is 0. The smallest absolute Gasteiger partial charge is 0.311 e. The van der Waals surface area contributed by atoms with Crippen molar-refractivity contribution in [1.29, 1.82) is 0 Å². The van der Waals surface area contributed by atoms with E-state index in [1.54, 1.807) is 0 Å². The Bertz CT molecular complexity index is 327. The van der Waals surface area contributed by atoms with Gasteiger partial charge in [-0.3, -0.25) is 9.59 Å². The van der Waals surface area contributed by atoms with Crippen LogP contribution in [0.4, 0.5) is 0 Å². The molecule has 0 aromatic heterocycles. The van der Waals surface area contributed by atoms with Crippen molar-refractivity contribution in [2.45, 2.75) is 25.3 Å². The third-order valence-corrected chi connectivity index (χ3v) is 3.83. The van der Waals surface area contributed by atoms with Crippen LogP contribution in [0.15, 0.2) is 0 Å². The molecule has 96 valence electrons. The van der Waals surface area contributed by atoms with Crippen molar-refractivity contribution in [3.63, 3.8) is 0 Å². The van der Waals surface area contributed by atoms with Gasteiger partial charge in [0.05, 0.1) is 24.5 Å². The largest absolute Gasteiger partial charge is 0.481 e. The summed E-state index contributed by atoms with van der Waals surface area (Å²) in [6, 6.07) is -0.280. The summed E-state index contributed by atoms with van der Waals surface area (Å²) < 4.78 is 5.11. The summed E-state index contributed by atoms with van der Waals surface area (Å²) in [5, 5.41) is 11.8. The zero-order valence-corrected chi connectivity index (χ0v) is 9.65. The molecule has 1 aliphatic heterocycles. The number of hydrogen-bond acceptors (Lipinski definition) is 4. The SMILES string of the molecule is NC1COCC1C(=O)NCC1(C(=O)O)CCC1. The maximum Gasteiger partial charge on any atom is 0.311 e. The van der Waals surface area contributed by atoms with Gasteiger partial charge in [-0.15, -0.1) is 0 Å². The van der Waals surface area contributed by atoms with Crippen LogP contribution in [0.25, 0.3) is 0 Å². The number of amides is 1. The van der Waals surface area contributed by atoms with Crippen LogP contribution in [0.1, 0.15) is 19.3 Å². The van der Waals surface area contributed by atoms with Crippen molar-refractivity contribution < 1.29 is 19.4 Å². The molecule has 2 aliphatic rings. The van der Waals surface area contributed by atoms with Crippen LogP contribution >= 0.6 is 0 Å². The van der Waals surface area contributed by atoms with Gasteiger partial charge in [-0.05, 0) is 12.8 Å². The summed E-state index contributed by atoms with van der Waals surface area (Å²) in [5.74, 6) is -1.36. The van der Waals surface area contributed by atoms with Gasteiger partial charge < -0.3 is 20.9 Å². The number of carboxylic acid groups (broad SMARTS) is 1. The summed E-state index contributed by atoms with van der Waals surface area (Å²) in [5.41, 5.74) is 4.97. The highest BCUT2D eigenvalue weighted by molar-refractivity contribution is 5.82. The van der Waals surface area contributed by atoms with Crippen LogP contribution < -0.4 is 11.1 Å². The van der Waals surface area contributed by atoms with Crippen LogP contribution in [0, 0.1) is 11.3 Å². The van der Waals surface area contributed by atoms with E-state index in [1.165, 1.54) is 0 Å². The van der Waals surface area contributed by atoms with E-state index < -0.39 is 11.4 Å². The Labute approximate surface area is 99.5 Å². The first kappa shape index (κ1) is 12.3. The highest BCUT2D eigenvalue weighted by Crippen LogP contribution is 2.40. The number of ether oxygens (including phenoxy) is 1. The summed E-state index contributed by atoms with van der Waals surface area (Å²) in [6.07, 6.45) is 2.18.